The minimum absolute atomic E-state index is 0.143. The van der Waals surface area contributed by atoms with Crippen LogP contribution < -0.4 is 9.64 Å². The lowest BCUT2D eigenvalue weighted by Gasteiger charge is -2.40. The lowest BCUT2D eigenvalue weighted by molar-refractivity contribution is -0.246. The second-order valence-corrected chi connectivity index (χ2v) is 5.66. The Balaban J connectivity index is 2.07. The third kappa shape index (κ3) is 3.12. The number of fused-ring (bicyclic) bond motifs is 1. The van der Waals surface area contributed by atoms with Crippen molar-refractivity contribution in [2.24, 2.45) is 0 Å². The zero-order valence-electron chi connectivity index (χ0n) is 13.2. The fraction of sp³-hybridized carbons (Fsp3) is 0.294. The smallest absolute Gasteiger partial charge is 0.427 e. The Morgan fingerprint density at radius 3 is 2.76 bits per heavy atom. The Kier molecular flexibility index (Phi) is 4.29. The van der Waals surface area contributed by atoms with E-state index in [1.807, 2.05) is 6.07 Å². The number of nitrogens with zero attached hydrogens (tertiary/aromatic N) is 3. The molecular weight excluding hydrogens is 332 g/mol. The van der Waals surface area contributed by atoms with Crippen LogP contribution in [0.1, 0.15) is 30.0 Å². The van der Waals surface area contributed by atoms with Crippen LogP contribution in [-0.2, 0) is 6.54 Å². The van der Waals surface area contributed by atoms with Gasteiger partial charge in [-0.05, 0) is 25.1 Å². The Morgan fingerprint density at radius 1 is 1.36 bits per heavy atom. The van der Waals surface area contributed by atoms with Crippen LogP contribution >= 0.6 is 0 Å². The Morgan fingerprint density at radius 2 is 2.08 bits per heavy atom. The molecule has 1 aliphatic heterocycles. The van der Waals surface area contributed by atoms with E-state index in [2.05, 4.69) is 9.72 Å². The van der Waals surface area contributed by atoms with Crippen LogP contribution in [0.5, 0.6) is 5.75 Å². The van der Waals surface area contributed by atoms with E-state index in [1.54, 1.807) is 18.2 Å². The molecule has 2 N–H and O–H groups in total. The van der Waals surface area contributed by atoms with Crippen molar-refractivity contribution in [3.63, 3.8) is 0 Å². The van der Waals surface area contributed by atoms with Gasteiger partial charge in [-0.3, -0.25) is 0 Å². The second-order valence-electron chi connectivity index (χ2n) is 5.66. The highest BCUT2D eigenvalue weighted by molar-refractivity contribution is 5.64. The zero-order chi connectivity index (χ0) is 18.2. The van der Waals surface area contributed by atoms with E-state index in [4.69, 9.17) is 5.26 Å². The lowest BCUT2D eigenvalue weighted by atomic mass is 10.1. The molecule has 2 heterocycles. The first-order valence-electron chi connectivity index (χ1n) is 7.52. The number of ether oxygens (including phenoxy) is 1. The van der Waals surface area contributed by atoms with E-state index in [0.29, 0.717) is 5.69 Å². The van der Waals surface area contributed by atoms with Gasteiger partial charge < -0.3 is 19.8 Å². The fourth-order valence-electron chi connectivity index (χ4n) is 2.69. The Labute approximate surface area is 142 Å². The molecule has 2 atom stereocenters. The fourth-order valence-corrected chi connectivity index (χ4v) is 2.69. The number of anilines is 1. The van der Waals surface area contributed by atoms with Crippen molar-refractivity contribution >= 4 is 5.69 Å². The monoisotopic (exact) mass is 347 g/mol. The molecule has 6 nitrogen and oxygen atoms in total. The van der Waals surface area contributed by atoms with Gasteiger partial charge in [0, 0.05) is 5.56 Å². The van der Waals surface area contributed by atoms with Crippen LogP contribution in [0.15, 0.2) is 36.4 Å². The van der Waals surface area contributed by atoms with Crippen molar-refractivity contribution in [1.82, 2.24) is 4.98 Å². The quantitative estimate of drug-likeness (QED) is 0.886. The van der Waals surface area contributed by atoms with Crippen LogP contribution in [0.3, 0.4) is 0 Å². The largest absolute Gasteiger partial charge is 0.444 e. The van der Waals surface area contributed by atoms with E-state index in [9.17, 15) is 19.0 Å². The number of pyridine rings is 1. The number of hydrogen-bond donors (Lipinski definition) is 2. The molecular formula is C17H15F2N3O3. The summed E-state index contributed by atoms with van der Waals surface area (Å²) in [6, 6.07) is 11.1. The van der Waals surface area contributed by atoms with Crippen molar-refractivity contribution < 1.29 is 23.7 Å². The number of benzene rings is 1. The van der Waals surface area contributed by atoms with Gasteiger partial charge in [0.25, 0.3) is 0 Å². The first-order valence-corrected chi connectivity index (χ1v) is 7.52. The zero-order valence-corrected chi connectivity index (χ0v) is 13.2. The molecule has 1 aliphatic rings. The second kappa shape index (κ2) is 6.27. The topological polar surface area (TPSA) is 89.6 Å². The number of aliphatic hydroxyl groups excluding tert-OH is 2. The van der Waals surface area contributed by atoms with Gasteiger partial charge in [-0.25, -0.2) is 4.98 Å². The van der Waals surface area contributed by atoms with Crippen molar-refractivity contribution in [2.45, 2.75) is 31.9 Å². The maximum absolute atomic E-state index is 14.2. The molecule has 1 aromatic heterocycles. The molecule has 2 aromatic rings. The van der Waals surface area contributed by atoms with Gasteiger partial charge in [0.2, 0.25) is 6.23 Å². The minimum atomic E-state index is -3.87. The Bertz CT molecular complexity index is 836. The molecule has 0 amide bonds. The summed E-state index contributed by atoms with van der Waals surface area (Å²) >= 11 is 0. The molecule has 1 unspecified atom stereocenters. The molecule has 0 radical (unpaired) electrons. The van der Waals surface area contributed by atoms with Gasteiger partial charge in [-0.1, -0.05) is 18.2 Å². The van der Waals surface area contributed by atoms with Crippen molar-refractivity contribution in [1.29, 1.82) is 5.26 Å². The van der Waals surface area contributed by atoms with E-state index >= 15 is 0 Å². The lowest BCUT2D eigenvalue weighted by Crippen LogP contribution is -2.54. The average molecular weight is 347 g/mol. The van der Waals surface area contributed by atoms with Crippen LogP contribution in [-0.4, -0.2) is 27.5 Å². The average Bonchev–Trinajstić information content (AvgIpc) is 2.58. The number of para-hydroxylation sites is 1. The number of alkyl halides is 2. The number of hydrogen-bond acceptors (Lipinski definition) is 6. The summed E-state index contributed by atoms with van der Waals surface area (Å²) in [5.41, 5.74) is 0.878. The molecule has 0 saturated carbocycles. The van der Waals surface area contributed by atoms with Crippen molar-refractivity contribution in [3.05, 3.63) is 53.3 Å². The van der Waals surface area contributed by atoms with Crippen LogP contribution in [0, 0.1) is 11.3 Å². The standard InChI is InChI=1S/C17H15F2N3O3/c1-10(23)13-6-3-7-14-15(13)25-17(18,19)16(24)22(14)9-12-5-2-4-11(8-20)21-12/h2-7,10,16,23-24H,9H2,1H3/t10-,16?/m1/s1. The van der Waals surface area contributed by atoms with Gasteiger partial charge in [-0.15, -0.1) is 0 Å². The number of nitriles is 1. The third-order valence-electron chi connectivity index (χ3n) is 3.87. The number of aliphatic hydroxyl groups is 2. The number of halogens is 2. The highest BCUT2D eigenvalue weighted by Gasteiger charge is 2.50. The summed E-state index contributed by atoms with van der Waals surface area (Å²) < 4.78 is 33.0. The van der Waals surface area contributed by atoms with Crippen molar-refractivity contribution in [3.8, 4) is 11.8 Å². The maximum Gasteiger partial charge on any atom is 0.444 e. The summed E-state index contributed by atoms with van der Waals surface area (Å²) in [4.78, 5) is 5.08. The predicted molar refractivity (Wildman–Crippen MR) is 83.8 cm³/mol. The third-order valence-corrected chi connectivity index (χ3v) is 3.87. The first kappa shape index (κ1) is 17.1. The highest BCUT2D eigenvalue weighted by Crippen LogP contribution is 2.45. The summed E-state index contributed by atoms with van der Waals surface area (Å²) in [6.07, 6.45) is -7.13. The minimum Gasteiger partial charge on any atom is -0.427 e. The molecule has 3 rings (SSSR count). The van der Waals surface area contributed by atoms with Crippen LogP contribution in [0.2, 0.25) is 0 Å². The molecule has 1 aromatic carbocycles. The molecule has 25 heavy (non-hydrogen) atoms. The van der Waals surface area contributed by atoms with Crippen molar-refractivity contribution in [2.75, 3.05) is 4.90 Å². The molecule has 8 heteroatoms. The molecule has 0 bridgehead atoms. The van der Waals surface area contributed by atoms with Gasteiger partial charge >= 0.3 is 6.11 Å². The molecule has 0 fully saturated rings. The van der Waals surface area contributed by atoms with E-state index in [0.717, 1.165) is 4.90 Å². The summed E-state index contributed by atoms with van der Waals surface area (Å²) in [5, 5.41) is 28.8. The predicted octanol–water partition coefficient (Wildman–Crippen LogP) is 2.32. The first-order chi connectivity index (χ1) is 11.8. The molecule has 0 aliphatic carbocycles. The SMILES string of the molecule is C[C@@H](O)c1cccc2c1OC(F)(F)C(O)N2Cc1cccc(C#N)n1. The van der Waals surface area contributed by atoms with Gasteiger partial charge in [0.1, 0.15) is 11.8 Å². The van der Waals surface area contributed by atoms with E-state index in [-0.39, 0.29) is 29.2 Å². The van der Waals surface area contributed by atoms with E-state index in [1.165, 1.54) is 25.1 Å². The number of rotatable bonds is 3. The van der Waals surface area contributed by atoms with Gasteiger partial charge in [0.05, 0.1) is 24.0 Å². The normalized spacial score (nSPS) is 19.5. The van der Waals surface area contributed by atoms with Gasteiger partial charge in [0.15, 0.2) is 5.75 Å². The summed E-state index contributed by atoms with van der Waals surface area (Å²) in [6.45, 7) is 1.27. The summed E-state index contributed by atoms with van der Waals surface area (Å²) in [5.74, 6) is -0.191. The highest BCUT2D eigenvalue weighted by atomic mass is 19.3. The van der Waals surface area contributed by atoms with E-state index < -0.39 is 18.4 Å². The molecule has 0 spiro atoms. The molecule has 0 saturated heterocycles. The maximum atomic E-state index is 14.2. The molecule has 130 valence electrons. The number of aromatic nitrogens is 1. The Hall–Kier alpha value is -2.76. The van der Waals surface area contributed by atoms with Crippen LogP contribution in [0.4, 0.5) is 14.5 Å². The van der Waals surface area contributed by atoms with Gasteiger partial charge in [-0.2, -0.15) is 14.0 Å². The van der Waals surface area contributed by atoms with Crippen LogP contribution in [0.25, 0.3) is 0 Å². The summed E-state index contributed by atoms with van der Waals surface area (Å²) in [7, 11) is 0.